The summed E-state index contributed by atoms with van der Waals surface area (Å²) in [4.78, 5) is 23.1. The van der Waals surface area contributed by atoms with Gasteiger partial charge >= 0.3 is 0 Å². The lowest BCUT2D eigenvalue weighted by atomic mass is 10.2. The van der Waals surface area contributed by atoms with Crippen LogP contribution in [-0.4, -0.2) is 46.9 Å². The highest BCUT2D eigenvalue weighted by atomic mass is 32.2. The van der Waals surface area contributed by atoms with Gasteiger partial charge in [0, 0.05) is 54.3 Å². The maximum absolute atomic E-state index is 13.0. The van der Waals surface area contributed by atoms with E-state index in [1.807, 2.05) is 24.0 Å². The molecule has 4 rings (SSSR count). The first-order chi connectivity index (χ1) is 14.7. The molecule has 0 spiro atoms. The zero-order valence-electron chi connectivity index (χ0n) is 17.3. The van der Waals surface area contributed by atoms with E-state index in [9.17, 15) is 4.79 Å². The summed E-state index contributed by atoms with van der Waals surface area (Å²) in [6.45, 7) is 6.54. The Morgan fingerprint density at radius 2 is 1.83 bits per heavy atom. The topological polar surface area (TPSA) is 36.4 Å². The largest absolute Gasteiger partial charge is 0.337 e. The quantitative estimate of drug-likeness (QED) is 0.503. The van der Waals surface area contributed by atoms with Gasteiger partial charge in [-0.2, -0.15) is 0 Å². The number of amides is 1. The normalized spacial score (nSPS) is 15.2. The fourth-order valence-corrected chi connectivity index (χ4v) is 5.19. The van der Waals surface area contributed by atoms with Gasteiger partial charge < -0.3 is 4.90 Å². The van der Waals surface area contributed by atoms with Crippen LogP contribution < -0.4 is 0 Å². The molecule has 0 saturated carbocycles. The van der Waals surface area contributed by atoms with Gasteiger partial charge in [0.25, 0.3) is 5.91 Å². The van der Waals surface area contributed by atoms with E-state index in [-0.39, 0.29) is 5.91 Å². The molecule has 1 fully saturated rings. The molecule has 156 valence electrons. The van der Waals surface area contributed by atoms with Crippen LogP contribution >= 0.6 is 23.1 Å². The van der Waals surface area contributed by atoms with E-state index in [1.165, 1.54) is 10.5 Å². The third kappa shape index (κ3) is 5.72. The van der Waals surface area contributed by atoms with Gasteiger partial charge in [0.15, 0.2) is 0 Å². The average molecular weight is 438 g/mol. The number of benzene rings is 2. The SMILES string of the molecule is Cc1nc(CSc2ccc(C(=O)N3CCCN(Cc4ccccc4)CC3)cc2)cs1. The van der Waals surface area contributed by atoms with Crippen LogP contribution in [0, 0.1) is 6.92 Å². The van der Waals surface area contributed by atoms with Crippen molar-refractivity contribution in [3.8, 4) is 0 Å². The lowest BCUT2D eigenvalue weighted by Gasteiger charge is -2.22. The van der Waals surface area contributed by atoms with E-state index >= 15 is 0 Å². The van der Waals surface area contributed by atoms with E-state index < -0.39 is 0 Å². The van der Waals surface area contributed by atoms with Gasteiger partial charge in [0.05, 0.1) is 10.7 Å². The van der Waals surface area contributed by atoms with Crippen LogP contribution in [0.25, 0.3) is 0 Å². The number of carbonyl (C=O) groups is 1. The van der Waals surface area contributed by atoms with Crippen LogP contribution in [0.15, 0.2) is 64.9 Å². The molecule has 1 aliphatic rings. The molecule has 1 amide bonds. The summed E-state index contributed by atoms with van der Waals surface area (Å²) in [7, 11) is 0. The van der Waals surface area contributed by atoms with Crippen molar-refractivity contribution in [1.82, 2.24) is 14.8 Å². The molecule has 0 radical (unpaired) electrons. The van der Waals surface area contributed by atoms with Crippen LogP contribution in [-0.2, 0) is 12.3 Å². The van der Waals surface area contributed by atoms with Gasteiger partial charge in [-0.3, -0.25) is 9.69 Å². The van der Waals surface area contributed by atoms with Gasteiger partial charge in [-0.25, -0.2) is 4.98 Å². The molecule has 1 aromatic heterocycles. The smallest absolute Gasteiger partial charge is 0.253 e. The number of hydrogen-bond acceptors (Lipinski definition) is 5. The van der Waals surface area contributed by atoms with Crippen molar-refractivity contribution in [2.45, 2.75) is 30.5 Å². The highest BCUT2D eigenvalue weighted by molar-refractivity contribution is 7.98. The minimum Gasteiger partial charge on any atom is -0.337 e. The Hall–Kier alpha value is -2.15. The van der Waals surface area contributed by atoms with Crippen molar-refractivity contribution in [2.24, 2.45) is 0 Å². The Balaban J connectivity index is 1.30. The Morgan fingerprint density at radius 1 is 1.03 bits per heavy atom. The molecule has 1 aliphatic heterocycles. The number of thiazole rings is 1. The first-order valence-electron chi connectivity index (χ1n) is 10.4. The number of carbonyl (C=O) groups excluding carboxylic acids is 1. The Bertz CT molecular complexity index is 956. The molecule has 1 saturated heterocycles. The fourth-order valence-electron chi connectivity index (χ4n) is 3.68. The monoisotopic (exact) mass is 437 g/mol. The van der Waals surface area contributed by atoms with Gasteiger partial charge in [-0.1, -0.05) is 30.3 Å². The van der Waals surface area contributed by atoms with E-state index in [1.54, 1.807) is 23.1 Å². The zero-order chi connectivity index (χ0) is 20.8. The second-order valence-electron chi connectivity index (χ2n) is 7.58. The molecule has 0 bridgehead atoms. The summed E-state index contributed by atoms with van der Waals surface area (Å²) in [6, 6.07) is 18.6. The van der Waals surface area contributed by atoms with Crippen molar-refractivity contribution >= 4 is 29.0 Å². The summed E-state index contributed by atoms with van der Waals surface area (Å²) < 4.78 is 0. The van der Waals surface area contributed by atoms with Crippen LogP contribution in [0.3, 0.4) is 0 Å². The zero-order valence-corrected chi connectivity index (χ0v) is 18.9. The first-order valence-corrected chi connectivity index (χ1v) is 12.2. The summed E-state index contributed by atoms with van der Waals surface area (Å²) in [6.07, 6.45) is 1.01. The number of aryl methyl sites for hydroxylation is 1. The van der Waals surface area contributed by atoms with Crippen LogP contribution in [0.5, 0.6) is 0 Å². The van der Waals surface area contributed by atoms with Crippen LogP contribution in [0.2, 0.25) is 0 Å². The maximum Gasteiger partial charge on any atom is 0.253 e. The summed E-state index contributed by atoms with van der Waals surface area (Å²) in [5, 5.41) is 3.21. The second kappa shape index (κ2) is 10.2. The number of rotatable bonds is 6. The molecule has 30 heavy (non-hydrogen) atoms. The minimum absolute atomic E-state index is 0.142. The van der Waals surface area contributed by atoms with Gasteiger partial charge in [0.2, 0.25) is 0 Å². The Kier molecular flexibility index (Phi) is 7.20. The summed E-state index contributed by atoms with van der Waals surface area (Å²) >= 11 is 3.45. The van der Waals surface area contributed by atoms with Crippen molar-refractivity contribution < 1.29 is 4.79 Å². The van der Waals surface area contributed by atoms with Gasteiger partial charge in [0.1, 0.15) is 0 Å². The van der Waals surface area contributed by atoms with Crippen molar-refractivity contribution in [3.05, 3.63) is 81.8 Å². The van der Waals surface area contributed by atoms with Crippen molar-refractivity contribution in [1.29, 1.82) is 0 Å². The third-order valence-electron chi connectivity index (χ3n) is 5.28. The molecular weight excluding hydrogens is 410 g/mol. The van der Waals surface area contributed by atoms with Crippen LogP contribution in [0.4, 0.5) is 0 Å². The van der Waals surface area contributed by atoms with Gasteiger partial charge in [-0.05, 0) is 43.2 Å². The molecule has 4 nitrogen and oxygen atoms in total. The maximum atomic E-state index is 13.0. The Morgan fingerprint density at radius 3 is 2.57 bits per heavy atom. The third-order valence-corrected chi connectivity index (χ3v) is 7.15. The predicted octanol–water partition coefficient (Wildman–Crippen LogP) is 5.09. The van der Waals surface area contributed by atoms with Crippen molar-refractivity contribution in [2.75, 3.05) is 26.2 Å². The lowest BCUT2D eigenvalue weighted by molar-refractivity contribution is 0.0761. The van der Waals surface area contributed by atoms with E-state index in [0.717, 1.165) is 61.2 Å². The molecular formula is C24H27N3OS2. The molecule has 0 unspecified atom stereocenters. The molecule has 6 heteroatoms. The highest BCUT2D eigenvalue weighted by Gasteiger charge is 2.20. The van der Waals surface area contributed by atoms with Crippen molar-refractivity contribution in [3.63, 3.8) is 0 Å². The lowest BCUT2D eigenvalue weighted by Crippen LogP contribution is -2.35. The predicted molar refractivity (Wildman–Crippen MR) is 125 cm³/mol. The van der Waals surface area contributed by atoms with E-state index in [2.05, 4.69) is 57.7 Å². The minimum atomic E-state index is 0.142. The summed E-state index contributed by atoms with van der Waals surface area (Å²) in [5.41, 5.74) is 3.23. The second-order valence-corrected chi connectivity index (χ2v) is 9.69. The standard InChI is InChI=1S/C24H27N3OS2/c1-19-25-22(17-29-19)18-30-23-10-8-21(9-11-23)24(28)27-13-5-12-26(14-15-27)16-20-6-3-2-4-7-20/h2-4,6-11,17H,5,12-16,18H2,1H3. The molecule has 0 N–H and O–H groups in total. The number of nitrogens with zero attached hydrogens (tertiary/aromatic N) is 3. The number of hydrogen-bond donors (Lipinski definition) is 0. The molecule has 0 aliphatic carbocycles. The molecule has 3 aromatic rings. The van der Waals surface area contributed by atoms with E-state index in [0.29, 0.717) is 0 Å². The van der Waals surface area contributed by atoms with Gasteiger partial charge in [-0.15, -0.1) is 23.1 Å². The van der Waals surface area contributed by atoms with E-state index in [4.69, 9.17) is 0 Å². The summed E-state index contributed by atoms with van der Waals surface area (Å²) in [5.74, 6) is 1.00. The Labute approximate surface area is 186 Å². The molecule has 2 aromatic carbocycles. The molecule has 2 heterocycles. The highest BCUT2D eigenvalue weighted by Crippen LogP contribution is 2.24. The number of aromatic nitrogens is 1. The average Bonchev–Trinajstić information content (AvgIpc) is 3.05. The first kappa shape index (κ1) is 21.1. The number of thioether (sulfide) groups is 1. The van der Waals surface area contributed by atoms with Crippen LogP contribution in [0.1, 0.15) is 33.0 Å². The fraction of sp³-hybridized carbons (Fsp3) is 0.333. The molecule has 0 atom stereocenters.